The molecule has 3 heterocycles. The minimum Gasteiger partial charge on any atom is -0.382 e. The van der Waals surface area contributed by atoms with Gasteiger partial charge in [-0.1, -0.05) is 24.3 Å². The smallest absolute Gasteiger partial charge is 0.256 e. The maximum Gasteiger partial charge on any atom is 0.256 e. The first-order valence-corrected chi connectivity index (χ1v) is 12.6. The van der Waals surface area contributed by atoms with E-state index in [4.69, 9.17) is 0 Å². The van der Waals surface area contributed by atoms with Crippen molar-refractivity contribution < 1.29 is 4.79 Å². The Morgan fingerprint density at radius 3 is 2.54 bits per heavy atom. The van der Waals surface area contributed by atoms with E-state index in [9.17, 15) is 4.79 Å². The molecule has 0 saturated carbocycles. The fraction of sp³-hybridized carbons (Fsp3) is 0.207. The molecule has 37 heavy (non-hydrogen) atoms. The van der Waals surface area contributed by atoms with E-state index in [2.05, 4.69) is 60.5 Å². The Labute approximate surface area is 215 Å². The second-order valence-electron chi connectivity index (χ2n) is 9.57. The average Bonchev–Trinajstić information content (AvgIpc) is 3.58. The summed E-state index contributed by atoms with van der Waals surface area (Å²) < 4.78 is 2.06. The number of anilines is 2. The molecule has 5 aromatic rings. The van der Waals surface area contributed by atoms with Crippen LogP contribution in [0.25, 0.3) is 28.0 Å². The lowest BCUT2D eigenvalue weighted by Gasteiger charge is -2.30. The zero-order valence-electron chi connectivity index (χ0n) is 20.7. The molecule has 0 bridgehead atoms. The molecular formula is C29H29N7O. The van der Waals surface area contributed by atoms with Crippen molar-refractivity contribution in [3.8, 4) is 16.9 Å². The third-order valence-corrected chi connectivity index (χ3v) is 6.95. The third-order valence-electron chi connectivity index (χ3n) is 6.95. The summed E-state index contributed by atoms with van der Waals surface area (Å²) in [5, 5.41) is 13.8. The number of nitrogens with one attached hydrogen (secondary N) is 3. The molecule has 0 spiro atoms. The summed E-state index contributed by atoms with van der Waals surface area (Å²) in [6, 6.07) is 26.1. The van der Waals surface area contributed by atoms with Gasteiger partial charge in [0.15, 0.2) is 5.82 Å². The van der Waals surface area contributed by atoms with Gasteiger partial charge >= 0.3 is 0 Å². The minimum atomic E-state index is -0.193. The lowest BCUT2D eigenvalue weighted by molar-refractivity contribution is 0.102. The number of benzene rings is 3. The summed E-state index contributed by atoms with van der Waals surface area (Å²) >= 11 is 0. The molecule has 1 amide bonds. The summed E-state index contributed by atoms with van der Waals surface area (Å²) in [5.74, 6) is 0.284. The van der Waals surface area contributed by atoms with Crippen LogP contribution in [0, 0.1) is 0 Å². The first kappa shape index (κ1) is 23.0. The highest BCUT2D eigenvalue weighted by atomic mass is 16.1. The van der Waals surface area contributed by atoms with Gasteiger partial charge in [0.1, 0.15) is 6.33 Å². The van der Waals surface area contributed by atoms with E-state index in [0.29, 0.717) is 17.4 Å². The highest BCUT2D eigenvalue weighted by molar-refractivity contribution is 6.04. The van der Waals surface area contributed by atoms with Crippen LogP contribution >= 0.6 is 0 Å². The number of imidazole rings is 1. The molecule has 1 saturated heterocycles. The summed E-state index contributed by atoms with van der Waals surface area (Å²) in [6.07, 6.45) is 4.08. The number of carbonyl (C=O) groups excluding carboxylic acids is 1. The first-order valence-electron chi connectivity index (χ1n) is 12.6. The predicted molar refractivity (Wildman–Crippen MR) is 147 cm³/mol. The Morgan fingerprint density at radius 1 is 0.973 bits per heavy atom. The van der Waals surface area contributed by atoms with Crippen molar-refractivity contribution in [2.24, 2.45) is 0 Å². The number of piperidine rings is 1. The van der Waals surface area contributed by atoms with Gasteiger partial charge in [-0.3, -0.25) is 14.5 Å². The maximum atomic E-state index is 12.8. The Bertz CT molecular complexity index is 1510. The van der Waals surface area contributed by atoms with E-state index in [1.807, 2.05) is 67.0 Å². The first-order chi connectivity index (χ1) is 18.1. The van der Waals surface area contributed by atoms with Crippen molar-refractivity contribution in [1.82, 2.24) is 24.6 Å². The van der Waals surface area contributed by atoms with E-state index in [1.165, 1.54) is 0 Å². The molecule has 1 fully saturated rings. The molecule has 0 unspecified atom stereocenters. The van der Waals surface area contributed by atoms with Gasteiger partial charge in [0.25, 0.3) is 5.91 Å². The van der Waals surface area contributed by atoms with Crippen LogP contribution in [0.1, 0.15) is 23.2 Å². The van der Waals surface area contributed by atoms with Gasteiger partial charge in [-0.25, -0.2) is 4.98 Å². The number of hydrogen-bond donors (Lipinski definition) is 3. The van der Waals surface area contributed by atoms with Crippen LogP contribution in [0.3, 0.4) is 0 Å². The van der Waals surface area contributed by atoms with Gasteiger partial charge < -0.3 is 15.5 Å². The van der Waals surface area contributed by atoms with Gasteiger partial charge in [-0.2, -0.15) is 5.10 Å². The van der Waals surface area contributed by atoms with E-state index in [-0.39, 0.29) is 5.91 Å². The number of nitrogens with zero attached hydrogens (tertiary/aromatic N) is 4. The van der Waals surface area contributed by atoms with Gasteiger partial charge in [-0.15, -0.1) is 0 Å². The Kier molecular flexibility index (Phi) is 6.16. The lowest BCUT2D eigenvalue weighted by Crippen LogP contribution is -2.36. The molecule has 3 N–H and O–H groups in total. The standard InChI is InChI=1S/C29H29N7O/c1-35-15-13-23(14-16-35)31-22-10-7-20(8-11-22)29(37)32-28-18-26(33-34-28)21-9-12-25-27(17-21)36(19-30-25)24-5-3-2-4-6-24/h2-12,17-19,23,31H,13-16H2,1H3,(H2,32,33,34,37). The lowest BCUT2D eigenvalue weighted by atomic mass is 10.0. The fourth-order valence-electron chi connectivity index (χ4n) is 4.80. The number of fused-ring (bicyclic) bond motifs is 1. The molecule has 1 aliphatic heterocycles. The number of hydrogen-bond acceptors (Lipinski definition) is 5. The topological polar surface area (TPSA) is 90.9 Å². The average molecular weight is 492 g/mol. The minimum absolute atomic E-state index is 0.193. The zero-order chi connectivity index (χ0) is 25.2. The normalized spacial score (nSPS) is 14.6. The zero-order valence-corrected chi connectivity index (χ0v) is 20.7. The molecule has 186 valence electrons. The van der Waals surface area contributed by atoms with Crippen LogP contribution in [-0.2, 0) is 0 Å². The van der Waals surface area contributed by atoms with Crippen LogP contribution in [0.5, 0.6) is 0 Å². The summed E-state index contributed by atoms with van der Waals surface area (Å²) in [4.78, 5) is 19.7. The van der Waals surface area contributed by atoms with E-state index >= 15 is 0 Å². The van der Waals surface area contributed by atoms with Gasteiger partial charge in [0.05, 0.1) is 16.7 Å². The molecule has 0 atom stereocenters. The van der Waals surface area contributed by atoms with Gasteiger partial charge in [0.2, 0.25) is 0 Å². The number of likely N-dealkylation sites (tertiary alicyclic amines) is 1. The number of aromatic nitrogens is 4. The second-order valence-corrected chi connectivity index (χ2v) is 9.57. The van der Waals surface area contributed by atoms with Crippen molar-refractivity contribution in [1.29, 1.82) is 0 Å². The number of para-hydroxylation sites is 1. The molecule has 0 aliphatic carbocycles. The van der Waals surface area contributed by atoms with Crippen LogP contribution in [-0.4, -0.2) is 56.7 Å². The van der Waals surface area contributed by atoms with Crippen molar-refractivity contribution in [2.75, 3.05) is 30.8 Å². The highest BCUT2D eigenvalue weighted by Gasteiger charge is 2.17. The number of H-pyrrole nitrogens is 1. The number of amides is 1. The van der Waals surface area contributed by atoms with Crippen molar-refractivity contribution in [3.63, 3.8) is 0 Å². The number of rotatable bonds is 6. The molecule has 6 rings (SSSR count). The Balaban J connectivity index is 1.14. The van der Waals surface area contributed by atoms with Crippen molar-refractivity contribution >= 4 is 28.4 Å². The summed E-state index contributed by atoms with van der Waals surface area (Å²) in [6.45, 7) is 2.21. The Hall–Kier alpha value is -4.43. The molecular weight excluding hydrogens is 462 g/mol. The largest absolute Gasteiger partial charge is 0.382 e. The molecule has 1 aliphatic rings. The molecule has 2 aromatic heterocycles. The number of carbonyl (C=O) groups is 1. The maximum absolute atomic E-state index is 12.8. The van der Waals surface area contributed by atoms with Crippen molar-refractivity contribution in [2.45, 2.75) is 18.9 Å². The molecule has 8 nitrogen and oxygen atoms in total. The van der Waals surface area contributed by atoms with Crippen LogP contribution in [0.15, 0.2) is 85.2 Å². The van der Waals surface area contributed by atoms with E-state index in [0.717, 1.165) is 59.6 Å². The monoisotopic (exact) mass is 491 g/mol. The second kappa shape index (κ2) is 9.91. The van der Waals surface area contributed by atoms with Gasteiger partial charge in [-0.05, 0) is 81.5 Å². The van der Waals surface area contributed by atoms with Crippen LogP contribution in [0.4, 0.5) is 11.5 Å². The third kappa shape index (κ3) is 4.96. The van der Waals surface area contributed by atoms with Crippen LogP contribution < -0.4 is 10.6 Å². The SMILES string of the molecule is CN1CCC(Nc2ccc(C(=O)Nc3cc(-c4ccc5ncn(-c6ccccc6)c5c4)[nH]n3)cc2)CC1. The van der Waals surface area contributed by atoms with Gasteiger partial charge in [0, 0.05) is 34.6 Å². The predicted octanol–water partition coefficient (Wildman–Crippen LogP) is 5.17. The van der Waals surface area contributed by atoms with E-state index < -0.39 is 0 Å². The number of aromatic amines is 1. The van der Waals surface area contributed by atoms with Crippen LogP contribution in [0.2, 0.25) is 0 Å². The quantitative estimate of drug-likeness (QED) is 0.305. The highest BCUT2D eigenvalue weighted by Crippen LogP contribution is 2.26. The summed E-state index contributed by atoms with van der Waals surface area (Å²) in [5.41, 5.74) is 6.36. The van der Waals surface area contributed by atoms with E-state index in [1.54, 1.807) is 0 Å². The Morgan fingerprint density at radius 2 is 1.76 bits per heavy atom. The molecule has 3 aromatic carbocycles. The molecule has 8 heteroatoms. The summed E-state index contributed by atoms with van der Waals surface area (Å²) in [7, 11) is 2.16. The van der Waals surface area contributed by atoms with Crippen molar-refractivity contribution in [3.05, 3.63) is 90.8 Å². The molecule has 0 radical (unpaired) electrons. The fourth-order valence-corrected chi connectivity index (χ4v) is 4.80.